The van der Waals surface area contributed by atoms with Gasteiger partial charge in [-0.2, -0.15) is 0 Å². The van der Waals surface area contributed by atoms with Crippen molar-refractivity contribution in [2.24, 2.45) is 0 Å². The fourth-order valence-corrected chi connectivity index (χ4v) is 4.29. The van der Waals surface area contributed by atoms with Crippen molar-refractivity contribution in [3.05, 3.63) is 64.1 Å². The monoisotopic (exact) mass is 414 g/mol. The average molecular weight is 415 g/mol. The number of likely N-dealkylation sites (tertiary alicyclic amines) is 1. The molecule has 5 heteroatoms. The third-order valence-electron chi connectivity index (χ3n) is 5.22. The van der Waals surface area contributed by atoms with E-state index < -0.39 is 0 Å². The van der Waals surface area contributed by atoms with Gasteiger partial charge in [0.2, 0.25) is 5.91 Å². The molecule has 1 amide bonds. The van der Waals surface area contributed by atoms with Gasteiger partial charge in [-0.25, -0.2) is 0 Å². The third kappa shape index (κ3) is 3.79. The fraction of sp³-hybridized carbons (Fsp3) is 0.381. The quantitative estimate of drug-likeness (QED) is 0.819. The fourth-order valence-electron chi connectivity index (χ4n) is 3.91. The smallest absolute Gasteiger partial charge is 0.237 e. The second kappa shape index (κ2) is 7.80. The molecule has 0 bridgehead atoms. The SMILES string of the molecule is O=C(NC1CCOc2ccc(Br)cc21)C1CCCN1Cc1ccccc1. The van der Waals surface area contributed by atoms with Gasteiger partial charge in [0, 0.05) is 23.0 Å². The summed E-state index contributed by atoms with van der Waals surface area (Å²) in [6.45, 7) is 2.44. The van der Waals surface area contributed by atoms with Crippen molar-refractivity contribution in [3.8, 4) is 5.75 Å². The Morgan fingerprint density at radius 1 is 1.19 bits per heavy atom. The van der Waals surface area contributed by atoms with E-state index in [2.05, 4.69) is 56.5 Å². The van der Waals surface area contributed by atoms with E-state index in [-0.39, 0.29) is 18.0 Å². The van der Waals surface area contributed by atoms with Gasteiger partial charge in [0.25, 0.3) is 0 Å². The molecule has 2 aliphatic heterocycles. The van der Waals surface area contributed by atoms with Crippen LogP contribution in [0.3, 0.4) is 0 Å². The lowest BCUT2D eigenvalue weighted by molar-refractivity contribution is -0.126. The Morgan fingerprint density at radius 3 is 2.88 bits per heavy atom. The molecular formula is C21H23BrN2O2. The number of hydrogen-bond donors (Lipinski definition) is 1. The first kappa shape index (κ1) is 17.6. The number of halogens is 1. The number of rotatable bonds is 4. The van der Waals surface area contributed by atoms with Gasteiger partial charge in [0.1, 0.15) is 5.75 Å². The molecule has 2 aliphatic rings. The van der Waals surface area contributed by atoms with Crippen molar-refractivity contribution in [1.29, 1.82) is 0 Å². The zero-order chi connectivity index (χ0) is 17.9. The summed E-state index contributed by atoms with van der Waals surface area (Å²) in [4.78, 5) is 15.3. The lowest BCUT2D eigenvalue weighted by Gasteiger charge is -2.30. The predicted molar refractivity (Wildman–Crippen MR) is 105 cm³/mol. The molecule has 136 valence electrons. The van der Waals surface area contributed by atoms with Crippen molar-refractivity contribution in [1.82, 2.24) is 10.2 Å². The molecule has 2 atom stereocenters. The van der Waals surface area contributed by atoms with Crippen molar-refractivity contribution in [3.63, 3.8) is 0 Å². The summed E-state index contributed by atoms with van der Waals surface area (Å²) in [5.74, 6) is 1.01. The number of hydrogen-bond acceptors (Lipinski definition) is 3. The number of amides is 1. The van der Waals surface area contributed by atoms with Crippen LogP contribution < -0.4 is 10.1 Å². The molecule has 1 saturated heterocycles. The first-order valence-corrected chi connectivity index (χ1v) is 10.0. The highest BCUT2D eigenvalue weighted by Gasteiger charge is 2.33. The minimum Gasteiger partial charge on any atom is -0.493 e. The predicted octanol–water partition coefficient (Wildman–Crippen LogP) is 4.05. The highest BCUT2D eigenvalue weighted by atomic mass is 79.9. The summed E-state index contributed by atoms with van der Waals surface area (Å²) in [6.07, 6.45) is 2.80. The van der Waals surface area contributed by atoms with Crippen molar-refractivity contribution >= 4 is 21.8 Å². The second-order valence-corrected chi connectivity index (χ2v) is 7.91. The zero-order valence-corrected chi connectivity index (χ0v) is 16.2. The highest BCUT2D eigenvalue weighted by molar-refractivity contribution is 9.10. The molecule has 4 nitrogen and oxygen atoms in total. The molecule has 0 radical (unpaired) electrons. The summed E-state index contributed by atoms with van der Waals surface area (Å²) in [5, 5.41) is 3.28. The molecule has 0 spiro atoms. The van der Waals surface area contributed by atoms with Crippen LogP contribution >= 0.6 is 15.9 Å². The molecule has 26 heavy (non-hydrogen) atoms. The van der Waals surface area contributed by atoms with Crippen LogP contribution in [-0.2, 0) is 11.3 Å². The number of carbonyl (C=O) groups excluding carboxylic acids is 1. The van der Waals surface area contributed by atoms with Gasteiger partial charge in [-0.1, -0.05) is 46.3 Å². The van der Waals surface area contributed by atoms with Crippen LogP contribution in [0.4, 0.5) is 0 Å². The standard InChI is InChI=1S/C21H23BrN2O2/c22-16-8-9-20-17(13-16)18(10-12-26-20)23-21(25)19-7-4-11-24(19)14-15-5-2-1-3-6-15/h1-3,5-6,8-9,13,18-19H,4,7,10-12,14H2,(H,23,25). The Labute approximate surface area is 162 Å². The summed E-state index contributed by atoms with van der Waals surface area (Å²) < 4.78 is 6.74. The molecule has 0 saturated carbocycles. The molecule has 2 aromatic rings. The Balaban J connectivity index is 1.46. The molecule has 1 N–H and O–H groups in total. The number of carbonyl (C=O) groups is 1. The maximum absolute atomic E-state index is 13.0. The molecule has 4 rings (SSSR count). The maximum atomic E-state index is 13.0. The number of fused-ring (bicyclic) bond motifs is 1. The lowest BCUT2D eigenvalue weighted by Crippen LogP contribution is -2.45. The van der Waals surface area contributed by atoms with E-state index in [1.807, 2.05) is 18.2 Å². The van der Waals surface area contributed by atoms with Crippen molar-refractivity contribution in [2.45, 2.75) is 37.9 Å². The maximum Gasteiger partial charge on any atom is 0.237 e. The third-order valence-corrected chi connectivity index (χ3v) is 5.72. The van der Waals surface area contributed by atoms with E-state index in [1.54, 1.807) is 0 Å². The van der Waals surface area contributed by atoms with E-state index in [1.165, 1.54) is 5.56 Å². The number of nitrogens with one attached hydrogen (secondary N) is 1. The van der Waals surface area contributed by atoms with E-state index in [4.69, 9.17) is 4.74 Å². The minimum absolute atomic E-state index is 0.0166. The van der Waals surface area contributed by atoms with E-state index in [0.29, 0.717) is 6.61 Å². The molecule has 0 aliphatic carbocycles. The Hall–Kier alpha value is -1.85. The van der Waals surface area contributed by atoms with Crippen LogP contribution in [0, 0.1) is 0 Å². The summed E-state index contributed by atoms with van der Waals surface area (Å²) in [6, 6.07) is 16.3. The Morgan fingerprint density at radius 2 is 2.04 bits per heavy atom. The largest absolute Gasteiger partial charge is 0.493 e. The van der Waals surface area contributed by atoms with Gasteiger partial charge >= 0.3 is 0 Å². The van der Waals surface area contributed by atoms with Gasteiger partial charge < -0.3 is 10.1 Å². The minimum atomic E-state index is -0.0475. The van der Waals surface area contributed by atoms with Gasteiger partial charge in [-0.05, 0) is 43.1 Å². The van der Waals surface area contributed by atoms with Gasteiger partial charge in [-0.15, -0.1) is 0 Å². The lowest BCUT2D eigenvalue weighted by atomic mass is 10.00. The van der Waals surface area contributed by atoms with Gasteiger partial charge in [0.15, 0.2) is 0 Å². The average Bonchev–Trinajstić information content (AvgIpc) is 3.11. The van der Waals surface area contributed by atoms with Gasteiger partial charge in [-0.3, -0.25) is 9.69 Å². The van der Waals surface area contributed by atoms with Crippen molar-refractivity contribution in [2.75, 3.05) is 13.2 Å². The van der Waals surface area contributed by atoms with E-state index in [9.17, 15) is 4.79 Å². The molecule has 2 heterocycles. The van der Waals surface area contributed by atoms with E-state index >= 15 is 0 Å². The molecule has 2 unspecified atom stereocenters. The van der Waals surface area contributed by atoms with Crippen LogP contribution in [0.1, 0.15) is 36.4 Å². The first-order valence-electron chi connectivity index (χ1n) is 9.21. The van der Waals surface area contributed by atoms with Crippen LogP contribution in [0.15, 0.2) is 53.0 Å². The van der Waals surface area contributed by atoms with Crippen LogP contribution in [-0.4, -0.2) is 30.0 Å². The van der Waals surface area contributed by atoms with Crippen LogP contribution in [0.2, 0.25) is 0 Å². The number of nitrogens with zero attached hydrogens (tertiary/aromatic N) is 1. The normalized spacial score (nSPS) is 22.5. The highest BCUT2D eigenvalue weighted by Crippen LogP contribution is 2.34. The second-order valence-electron chi connectivity index (χ2n) is 6.99. The van der Waals surface area contributed by atoms with Crippen LogP contribution in [0.25, 0.3) is 0 Å². The molecule has 1 fully saturated rings. The summed E-state index contributed by atoms with van der Waals surface area (Å²) in [7, 11) is 0. The summed E-state index contributed by atoms with van der Waals surface area (Å²) >= 11 is 3.52. The Bertz CT molecular complexity index is 781. The number of ether oxygens (including phenoxy) is 1. The number of benzene rings is 2. The molecule has 2 aromatic carbocycles. The molecule has 0 aromatic heterocycles. The van der Waals surface area contributed by atoms with Gasteiger partial charge in [0.05, 0.1) is 18.7 Å². The van der Waals surface area contributed by atoms with E-state index in [0.717, 1.165) is 48.1 Å². The van der Waals surface area contributed by atoms with Crippen LogP contribution in [0.5, 0.6) is 5.75 Å². The summed E-state index contributed by atoms with van der Waals surface area (Å²) in [5.41, 5.74) is 2.32. The zero-order valence-electron chi connectivity index (χ0n) is 14.7. The topological polar surface area (TPSA) is 41.6 Å². The van der Waals surface area contributed by atoms with Crippen molar-refractivity contribution < 1.29 is 9.53 Å². The Kier molecular flexibility index (Phi) is 5.27. The first-order chi connectivity index (χ1) is 12.7. The molecular weight excluding hydrogens is 392 g/mol.